The van der Waals surface area contributed by atoms with Gasteiger partial charge >= 0.3 is 11.9 Å². The molecule has 1 aromatic heterocycles. The second-order valence-corrected chi connectivity index (χ2v) is 8.16. The van der Waals surface area contributed by atoms with Crippen LogP contribution in [0.4, 0.5) is 5.69 Å². The van der Waals surface area contributed by atoms with Crippen molar-refractivity contribution in [1.82, 2.24) is 9.78 Å². The summed E-state index contributed by atoms with van der Waals surface area (Å²) in [5, 5.41) is 4.08. The largest absolute Gasteiger partial charge is 0.492 e. The zero-order chi connectivity index (χ0) is 23.1. The minimum absolute atomic E-state index is 0.105. The number of anilines is 1. The Balaban J connectivity index is 1.81. The van der Waals surface area contributed by atoms with Gasteiger partial charge in [0.2, 0.25) is 0 Å². The first kappa shape index (κ1) is 22.8. The summed E-state index contributed by atoms with van der Waals surface area (Å²) < 4.78 is 44.9. The SMILES string of the molecule is COC(=O)c1cc(C(=O)OC)cc(S(=O)(=O)Nc2cccc(OCCn3cccn3)c2)c1. The van der Waals surface area contributed by atoms with Gasteiger partial charge in [-0.1, -0.05) is 6.07 Å². The van der Waals surface area contributed by atoms with Crippen molar-refractivity contribution in [1.29, 1.82) is 0 Å². The molecule has 0 spiro atoms. The lowest BCUT2D eigenvalue weighted by molar-refractivity contribution is 0.0598. The summed E-state index contributed by atoms with van der Waals surface area (Å²) in [5.41, 5.74) is 0.0302. The second kappa shape index (κ2) is 9.96. The maximum Gasteiger partial charge on any atom is 0.337 e. The van der Waals surface area contributed by atoms with E-state index in [4.69, 9.17) is 4.74 Å². The third kappa shape index (κ3) is 5.64. The molecule has 3 aromatic rings. The fourth-order valence-corrected chi connectivity index (χ4v) is 3.90. The molecule has 0 saturated carbocycles. The van der Waals surface area contributed by atoms with Crippen LogP contribution in [-0.4, -0.2) is 51.0 Å². The molecule has 2 aromatic carbocycles. The second-order valence-electron chi connectivity index (χ2n) is 6.48. The maximum atomic E-state index is 12.9. The minimum Gasteiger partial charge on any atom is -0.492 e. The van der Waals surface area contributed by atoms with Crippen molar-refractivity contribution in [3.05, 3.63) is 72.1 Å². The molecule has 0 amide bonds. The molecule has 11 heteroatoms. The van der Waals surface area contributed by atoms with Gasteiger partial charge in [-0.25, -0.2) is 18.0 Å². The molecule has 1 N–H and O–H groups in total. The monoisotopic (exact) mass is 459 g/mol. The Morgan fingerprint density at radius 3 is 2.28 bits per heavy atom. The molecular formula is C21H21N3O7S. The van der Waals surface area contributed by atoms with Crippen molar-refractivity contribution >= 4 is 27.6 Å². The van der Waals surface area contributed by atoms with E-state index < -0.39 is 22.0 Å². The Bertz CT molecular complexity index is 1170. The summed E-state index contributed by atoms with van der Waals surface area (Å²) >= 11 is 0. The minimum atomic E-state index is -4.15. The van der Waals surface area contributed by atoms with E-state index in [9.17, 15) is 18.0 Å². The van der Waals surface area contributed by atoms with Gasteiger partial charge in [-0.2, -0.15) is 5.10 Å². The van der Waals surface area contributed by atoms with Crippen LogP contribution in [0.25, 0.3) is 0 Å². The van der Waals surface area contributed by atoms with Crippen LogP contribution in [0, 0.1) is 0 Å². The Hall–Kier alpha value is -3.86. The van der Waals surface area contributed by atoms with Crippen molar-refractivity contribution in [2.24, 2.45) is 0 Å². The van der Waals surface area contributed by atoms with E-state index in [1.54, 1.807) is 41.3 Å². The zero-order valence-corrected chi connectivity index (χ0v) is 18.2. The summed E-state index contributed by atoms with van der Waals surface area (Å²) in [6, 6.07) is 11.6. The third-order valence-electron chi connectivity index (χ3n) is 4.29. The highest BCUT2D eigenvalue weighted by molar-refractivity contribution is 7.92. The Labute approximate surface area is 184 Å². The molecule has 0 saturated heterocycles. The summed E-state index contributed by atoms with van der Waals surface area (Å²) in [4.78, 5) is 23.6. The number of carbonyl (C=O) groups excluding carboxylic acids is 2. The lowest BCUT2D eigenvalue weighted by Crippen LogP contribution is -2.16. The van der Waals surface area contributed by atoms with E-state index in [-0.39, 0.29) is 21.7 Å². The van der Waals surface area contributed by atoms with Gasteiger partial charge in [-0.3, -0.25) is 9.40 Å². The number of hydrogen-bond acceptors (Lipinski definition) is 8. The smallest absolute Gasteiger partial charge is 0.337 e. The van der Waals surface area contributed by atoms with Crippen LogP contribution in [0.2, 0.25) is 0 Å². The molecule has 0 aliphatic rings. The molecule has 0 unspecified atom stereocenters. The fraction of sp³-hybridized carbons (Fsp3) is 0.190. The Morgan fingerprint density at radius 1 is 1.00 bits per heavy atom. The van der Waals surface area contributed by atoms with Crippen molar-refractivity contribution in [2.45, 2.75) is 11.4 Å². The number of ether oxygens (including phenoxy) is 3. The highest BCUT2D eigenvalue weighted by Crippen LogP contribution is 2.23. The molecule has 0 atom stereocenters. The lowest BCUT2D eigenvalue weighted by atomic mass is 10.1. The first-order valence-electron chi connectivity index (χ1n) is 9.37. The molecule has 168 valence electrons. The van der Waals surface area contributed by atoms with Gasteiger partial charge in [0.15, 0.2) is 0 Å². The van der Waals surface area contributed by atoms with Gasteiger partial charge in [-0.05, 0) is 36.4 Å². The van der Waals surface area contributed by atoms with Gasteiger partial charge in [0.1, 0.15) is 12.4 Å². The van der Waals surface area contributed by atoms with Gasteiger partial charge < -0.3 is 14.2 Å². The lowest BCUT2D eigenvalue weighted by Gasteiger charge is -2.12. The van der Waals surface area contributed by atoms with Gasteiger partial charge in [0.25, 0.3) is 10.0 Å². The first-order chi connectivity index (χ1) is 15.3. The summed E-state index contributed by atoms with van der Waals surface area (Å²) in [5.74, 6) is -1.13. The van der Waals surface area contributed by atoms with Crippen molar-refractivity contribution in [3.63, 3.8) is 0 Å². The molecule has 0 bridgehead atoms. The average molecular weight is 459 g/mol. The van der Waals surface area contributed by atoms with Gasteiger partial charge in [-0.15, -0.1) is 0 Å². The fourth-order valence-electron chi connectivity index (χ4n) is 2.78. The molecule has 0 aliphatic carbocycles. The average Bonchev–Trinajstić information content (AvgIpc) is 3.31. The van der Waals surface area contributed by atoms with Crippen molar-refractivity contribution < 1.29 is 32.2 Å². The quantitative estimate of drug-likeness (QED) is 0.483. The van der Waals surface area contributed by atoms with Crippen LogP contribution in [-0.2, 0) is 26.0 Å². The molecule has 0 radical (unpaired) electrons. The molecule has 10 nitrogen and oxygen atoms in total. The number of esters is 2. The molecule has 0 aliphatic heterocycles. The molecule has 0 fully saturated rings. The molecule has 1 heterocycles. The number of benzene rings is 2. The predicted octanol–water partition coefficient (Wildman–Crippen LogP) is 2.34. The summed E-state index contributed by atoms with van der Waals surface area (Å²) in [6.45, 7) is 0.862. The molecular weight excluding hydrogens is 438 g/mol. The highest BCUT2D eigenvalue weighted by atomic mass is 32.2. The number of sulfonamides is 1. The van der Waals surface area contributed by atoms with Crippen LogP contribution in [0.3, 0.4) is 0 Å². The standard InChI is InChI=1S/C21H21N3O7S/c1-29-20(25)15-11-16(21(26)30-2)13-19(12-15)32(27,28)23-17-5-3-6-18(14-17)31-10-9-24-8-4-7-22-24/h3-8,11-14,23H,9-10H2,1-2H3. The normalized spacial score (nSPS) is 10.9. The number of hydrogen-bond donors (Lipinski definition) is 1. The maximum absolute atomic E-state index is 12.9. The Morgan fingerprint density at radius 2 is 1.69 bits per heavy atom. The van der Waals surface area contributed by atoms with Crippen LogP contribution >= 0.6 is 0 Å². The molecule has 32 heavy (non-hydrogen) atoms. The number of carbonyl (C=O) groups is 2. The van der Waals surface area contributed by atoms with E-state index in [1.165, 1.54) is 12.1 Å². The van der Waals surface area contributed by atoms with E-state index >= 15 is 0 Å². The summed E-state index contributed by atoms with van der Waals surface area (Å²) in [6.07, 6.45) is 3.47. The van der Waals surface area contributed by atoms with E-state index in [0.717, 1.165) is 26.4 Å². The first-order valence-corrected chi connectivity index (χ1v) is 10.9. The topological polar surface area (TPSA) is 126 Å². The highest BCUT2D eigenvalue weighted by Gasteiger charge is 2.21. The third-order valence-corrected chi connectivity index (χ3v) is 5.65. The van der Waals surface area contributed by atoms with Crippen LogP contribution in [0.1, 0.15) is 20.7 Å². The van der Waals surface area contributed by atoms with Crippen molar-refractivity contribution in [3.8, 4) is 5.75 Å². The molecule has 3 rings (SSSR count). The van der Waals surface area contributed by atoms with Gasteiger partial charge in [0, 0.05) is 18.5 Å². The van der Waals surface area contributed by atoms with Crippen LogP contribution < -0.4 is 9.46 Å². The number of nitrogens with zero attached hydrogens (tertiary/aromatic N) is 2. The number of nitrogens with one attached hydrogen (secondary N) is 1. The number of aromatic nitrogens is 2. The van der Waals surface area contributed by atoms with Gasteiger partial charge in [0.05, 0.1) is 42.5 Å². The van der Waals surface area contributed by atoms with Crippen LogP contribution in [0.5, 0.6) is 5.75 Å². The van der Waals surface area contributed by atoms with E-state index in [1.807, 2.05) is 0 Å². The number of rotatable bonds is 9. The zero-order valence-electron chi connectivity index (χ0n) is 17.3. The Kier molecular flexibility index (Phi) is 7.11. The predicted molar refractivity (Wildman–Crippen MR) is 114 cm³/mol. The van der Waals surface area contributed by atoms with E-state index in [0.29, 0.717) is 18.9 Å². The van der Waals surface area contributed by atoms with E-state index in [2.05, 4.69) is 19.3 Å². The van der Waals surface area contributed by atoms with Crippen molar-refractivity contribution in [2.75, 3.05) is 25.5 Å². The van der Waals surface area contributed by atoms with Crippen LogP contribution in [0.15, 0.2) is 65.8 Å². The number of methoxy groups -OCH3 is 2. The summed E-state index contributed by atoms with van der Waals surface area (Å²) in [7, 11) is -1.85.